The smallest absolute Gasteiger partial charge is 0.196 e. The van der Waals surface area contributed by atoms with Gasteiger partial charge in [0.15, 0.2) is 5.43 Å². The van der Waals surface area contributed by atoms with Crippen LogP contribution in [-0.2, 0) is 6.42 Å². The van der Waals surface area contributed by atoms with Crippen molar-refractivity contribution in [2.24, 2.45) is 5.73 Å². The minimum Gasteiger partial charge on any atom is -0.457 e. The Labute approximate surface area is 184 Å². The number of aliphatic hydroxyl groups excluding tert-OH is 2. The van der Waals surface area contributed by atoms with Gasteiger partial charge in [0.2, 0.25) is 0 Å². The van der Waals surface area contributed by atoms with E-state index in [1.807, 2.05) is 61.5 Å². The van der Waals surface area contributed by atoms with Gasteiger partial charge in [-0.25, -0.2) is 0 Å². The summed E-state index contributed by atoms with van der Waals surface area (Å²) in [4.78, 5) is 13.3. The lowest BCUT2D eigenvalue weighted by Gasteiger charge is -2.24. The molecule has 0 bridgehead atoms. The standard InChI is InChI=1S/C25H25NO4S/c1-16-3-2-4-18(11-16)30-19-6-8-23-21(13-19)24(29)20-12-17(5-7-22(20)31-23)9-10-25(26,14-27)15-28/h2-8,11-13,27-28H,9-10,14-15,26H2,1H3. The molecule has 6 heteroatoms. The van der Waals surface area contributed by atoms with Crippen LogP contribution in [0.4, 0.5) is 0 Å². The molecule has 160 valence electrons. The van der Waals surface area contributed by atoms with Crippen molar-refractivity contribution in [3.63, 3.8) is 0 Å². The first-order valence-corrected chi connectivity index (χ1v) is 11.0. The average molecular weight is 436 g/mol. The summed E-state index contributed by atoms with van der Waals surface area (Å²) >= 11 is 1.56. The summed E-state index contributed by atoms with van der Waals surface area (Å²) < 4.78 is 7.78. The van der Waals surface area contributed by atoms with Crippen molar-refractivity contribution in [3.8, 4) is 11.5 Å². The SMILES string of the molecule is Cc1cccc(Oc2ccc3sc4ccc(CCC(N)(CO)CO)cc4c(=O)c3c2)c1. The topological polar surface area (TPSA) is 92.8 Å². The van der Waals surface area contributed by atoms with Crippen molar-refractivity contribution in [1.29, 1.82) is 0 Å². The van der Waals surface area contributed by atoms with Gasteiger partial charge in [-0.05, 0) is 73.4 Å². The third kappa shape index (κ3) is 4.62. The van der Waals surface area contributed by atoms with Gasteiger partial charge in [-0.1, -0.05) is 18.2 Å². The molecule has 1 aromatic heterocycles. The van der Waals surface area contributed by atoms with Crippen LogP contribution in [0.5, 0.6) is 11.5 Å². The Morgan fingerprint density at radius 2 is 1.61 bits per heavy atom. The molecule has 5 nitrogen and oxygen atoms in total. The third-order valence-electron chi connectivity index (χ3n) is 5.47. The monoisotopic (exact) mass is 435 g/mol. The fourth-order valence-corrected chi connectivity index (χ4v) is 4.55. The lowest BCUT2D eigenvalue weighted by Crippen LogP contribution is -2.47. The molecule has 0 aliphatic heterocycles. The van der Waals surface area contributed by atoms with E-state index in [1.54, 1.807) is 17.4 Å². The third-order valence-corrected chi connectivity index (χ3v) is 6.62. The molecule has 0 aliphatic rings. The number of nitrogens with two attached hydrogens (primary N) is 1. The Morgan fingerprint density at radius 3 is 2.32 bits per heavy atom. The molecule has 0 amide bonds. The van der Waals surface area contributed by atoms with Gasteiger partial charge in [-0.2, -0.15) is 0 Å². The summed E-state index contributed by atoms with van der Waals surface area (Å²) in [5.41, 5.74) is 6.96. The molecule has 1 heterocycles. The second kappa shape index (κ2) is 8.77. The highest BCUT2D eigenvalue weighted by atomic mass is 32.1. The Kier molecular flexibility index (Phi) is 6.07. The first-order chi connectivity index (χ1) is 14.9. The quantitative estimate of drug-likeness (QED) is 0.380. The summed E-state index contributed by atoms with van der Waals surface area (Å²) in [5, 5.41) is 20.1. The zero-order chi connectivity index (χ0) is 22.0. The van der Waals surface area contributed by atoms with E-state index in [4.69, 9.17) is 10.5 Å². The molecule has 3 aromatic carbocycles. The van der Waals surface area contributed by atoms with Gasteiger partial charge in [0.25, 0.3) is 0 Å². The Hall–Kier alpha value is -2.77. The molecule has 0 unspecified atom stereocenters. The van der Waals surface area contributed by atoms with Crippen molar-refractivity contribution in [3.05, 3.63) is 82.0 Å². The first kappa shape index (κ1) is 21.5. The second-order valence-electron chi connectivity index (χ2n) is 8.02. The van der Waals surface area contributed by atoms with Gasteiger partial charge in [0, 0.05) is 20.2 Å². The normalized spacial score (nSPS) is 11.9. The number of rotatable bonds is 7. The minimum atomic E-state index is -1.02. The molecule has 0 fully saturated rings. The van der Waals surface area contributed by atoms with E-state index in [0.29, 0.717) is 29.4 Å². The summed E-state index contributed by atoms with van der Waals surface area (Å²) in [6.45, 7) is 1.42. The van der Waals surface area contributed by atoms with Crippen LogP contribution in [0.2, 0.25) is 0 Å². The maximum absolute atomic E-state index is 13.3. The number of fused-ring (bicyclic) bond motifs is 2. The molecule has 0 saturated heterocycles. The molecule has 4 aromatic rings. The molecule has 0 radical (unpaired) electrons. The van der Waals surface area contributed by atoms with Crippen LogP contribution in [0.15, 0.2) is 65.5 Å². The maximum atomic E-state index is 13.3. The summed E-state index contributed by atoms with van der Waals surface area (Å²) in [5.74, 6) is 1.35. The summed E-state index contributed by atoms with van der Waals surface area (Å²) in [7, 11) is 0. The van der Waals surface area contributed by atoms with E-state index in [-0.39, 0.29) is 18.6 Å². The van der Waals surface area contributed by atoms with Crippen molar-refractivity contribution in [1.82, 2.24) is 0 Å². The van der Waals surface area contributed by atoms with Crippen LogP contribution >= 0.6 is 11.3 Å². The second-order valence-corrected chi connectivity index (χ2v) is 9.10. The minimum absolute atomic E-state index is 0.0383. The Bertz CT molecular complexity index is 1290. The van der Waals surface area contributed by atoms with Gasteiger partial charge in [0.1, 0.15) is 11.5 Å². The Balaban J connectivity index is 1.69. The zero-order valence-corrected chi connectivity index (χ0v) is 18.1. The molecular formula is C25H25NO4S. The summed E-state index contributed by atoms with van der Waals surface area (Å²) in [6, 6.07) is 19.2. The van der Waals surface area contributed by atoms with Crippen LogP contribution in [0, 0.1) is 6.92 Å². The highest BCUT2D eigenvalue weighted by Crippen LogP contribution is 2.30. The van der Waals surface area contributed by atoms with Crippen molar-refractivity contribution < 1.29 is 14.9 Å². The highest BCUT2D eigenvalue weighted by molar-refractivity contribution is 7.24. The predicted octanol–water partition coefficient (Wildman–Crippen LogP) is 4.13. The molecule has 0 spiro atoms. The van der Waals surface area contributed by atoms with Crippen LogP contribution in [0.3, 0.4) is 0 Å². The van der Waals surface area contributed by atoms with Crippen molar-refractivity contribution >= 4 is 31.5 Å². The van der Waals surface area contributed by atoms with Crippen molar-refractivity contribution in [2.75, 3.05) is 13.2 Å². The van der Waals surface area contributed by atoms with Crippen LogP contribution in [0.25, 0.3) is 20.2 Å². The van der Waals surface area contributed by atoms with E-state index in [1.165, 1.54) is 0 Å². The lowest BCUT2D eigenvalue weighted by molar-refractivity contribution is 0.115. The van der Waals surface area contributed by atoms with Gasteiger partial charge >= 0.3 is 0 Å². The van der Waals surface area contributed by atoms with Gasteiger partial charge in [-0.15, -0.1) is 11.3 Å². The zero-order valence-electron chi connectivity index (χ0n) is 17.3. The number of ether oxygens (including phenoxy) is 1. The van der Waals surface area contributed by atoms with Gasteiger partial charge in [0.05, 0.1) is 18.8 Å². The highest BCUT2D eigenvalue weighted by Gasteiger charge is 2.22. The van der Waals surface area contributed by atoms with Crippen LogP contribution in [-0.4, -0.2) is 29.0 Å². The fourth-order valence-electron chi connectivity index (χ4n) is 3.52. The van der Waals surface area contributed by atoms with Gasteiger partial charge in [-0.3, -0.25) is 4.79 Å². The molecule has 4 N–H and O–H groups in total. The van der Waals surface area contributed by atoms with Gasteiger partial charge < -0.3 is 20.7 Å². The molecule has 31 heavy (non-hydrogen) atoms. The van der Waals surface area contributed by atoms with Crippen LogP contribution in [0.1, 0.15) is 17.5 Å². The fraction of sp³-hybridized carbons (Fsp3) is 0.240. The van der Waals surface area contributed by atoms with Crippen LogP contribution < -0.4 is 15.9 Å². The maximum Gasteiger partial charge on any atom is 0.196 e. The van der Waals surface area contributed by atoms with Crippen molar-refractivity contribution in [2.45, 2.75) is 25.3 Å². The van der Waals surface area contributed by atoms with E-state index in [0.717, 1.165) is 26.3 Å². The predicted molar refractivity (Wildman–Crippen MR) is 126 cm³/mol. The van der Waals surface area contributed by atoms with E-state index < -0.39 is 5.54 Å². The molecule has 0 saturated carbocycles. The molecular weight excluding hydrogens is 410 g/mol. The van der Waals surface area contributed by atoms with E-state index in [2.05, 4.69) is 0 Å². The summed E-state index contributed by atoms with van der Waals surface area (Å²) in [6.07, 6.45) is 0.984. The number of hydrogen-bond donors (Lipinski definition) is 3. The number of aliphatic hydroxyl groups is 2. The first-order valence-electron chi connectivity index (χ1n) is 10.2. The number of hydrogen-bond acceptors (Lipinski definition) is 6. The largest absolute Gasteiger partial charge is 0.457 e. The molecule has 0 atom stereocenters. The average Bonchev–Trinajstić information content (AvgIpc) is 2.78. The Morgan fingerprint density at radius 1 is 0.935 bits per heavy atom. The number of benzene rings is 3. The number of aryl methyl sites for hydroxylation is 2. The molecule has 4 rings (SSSR count). The van der Waals surface area contributed by atoms with E-state index >= 15 is 0 Å². The molecule has 0 aliphatic carbocycles. The lowest BCUT2D eigenvalue weighted by atomic mass is 9.93. The van der Waals surface area contributed by atoms with E-state index in [9.17, 15) is 15.0 Å².